The molecule has 6 nitrogen and oxygen atoms in total. The van der Waals surface area contributed by atoms with E-state index in [1.54, 1.807) is 0 Å². The molecule has 0 amide bonds. The van der Waals surface area contributed by atoms with E-state index in [4.69, 9.17) is 10.2 Å². The fourth-order valence-electron chi connectivity index (χ4n) is 0.615. The summed E-state index contributed by atoms with van der Waals surface area (Å²) in [6, 6.07) is 0. The number of carboxylic acid groups (broad SMARTS) is 1. The van der Waals surface area contributed by atoms with Gasteiger partial charge in [0.05, 0.1) is 12.2 Å². The Bertz CT molecular complexity index is 339. The Balaban J connectivity index is 4.15. The summed E-state index contributed by atoms with van der Waals surface area (Å²) in [4.78, 5) is 10.0. The number of carbonyl (C=O) groups is 1. The van der Waals surface area contributed by atoms with Gasteiger partial charge in [-0.05, 0) is 0 Å². The lowest BCUT2D eigenvalue weighted by atomic mass is 10.4. The molecule has 0 aliphatic heterocycles. The first-order valence-corrected chi connectivity index (χ1v) is 5.64. The second kappa shape index (κ2) is 5.46. The molecule has 0 rings (SSSR count). The molecule has 0 bridgehead atoms. The minimum absolute atomic E-state index is 0.725. The number of aliphatic carboxylic acids is 1. The average Bonchev–Trinajstić information content (AvgIpc) is 2.10. The van der Waals surface area contributed by atoms with E-state index in [1.807, 2.05) is 0 Å². The first-order valence-electron chi connectivity index (χ1n) is 3.98. The molecule has 10 heteroatoms. The predicted octanol–water partition coefficient (Wildman–Crippen LogP) is -0.696. The summed E-state index contributed by atoms with van der Waals surface area (Å²) >= 11 is 0. The molecule has 0 saturated carbocycles. The van der Waals surface area contributed by atoms with Gasteiger partial charge in [0.25, 0.3) is 0 Å². The van der Waals surface area contributed by atoms with Gasteiger partial charge in [0.2, 0.25) is 10.0 Å². The molecule has 96 valence electrons. The van der Waals surface area contributed by atoms with Crippen LogP contribution in [0.15, 0.2) is 0 Å². The zero-order chi connectivity index (χ0) is 13.0. The molecule has 1 atom stereocenters. The molecule has 1 unspecified atom stereocenters. The van der Waals surface area contributed by atoms with Crippen LogP contribution in [-0.2, 0) is 14.8 Å². The van der Waals surface area contributed by atoms with E-state index in [0.29, 0.717) is 0 Å². The maximum Gasteiger partial charge on any atom is 0.415 e. The second-order valence-corrected chi connectivity index (χ2v) is 4.79. The van der Waals surface area contributed by atoms with E-state index in [-0.39, 0.29) is 0 Å². The highest BCUT2D eigenvalue weighted by molar-refractivity contribution is 7.89. The van der Waals surface area contributed by atoms with E-state index >= 15 is 0 Å². The summed E-state index contributed by atoms with van der Waals surface area (Å²) in [6.07, 6.45) is -8.46. The van der Waals surface area contributed by atoms with Crippen LogP contribution in [0.3, 0.4) is 0 Å². The summed E-state index contributed by atoms with van der Waals surface area (Å²) in [5, 5.41) is 16.6. The van der Waals surface area contributed by atoms with Crippen molar-refractivity contribution in [3.05, 3.63) is 0 Å². The Kier molecular flexibility index (Phi) is 5.16. The Morgan fingerprint density at radius 3 is 2.25 bits per heavy atom. The number of alkyl halides is 3. The minimum atomic E-state index is -4.92. The Hall–Kier alpha value is -0.870. The van der Waals surface area contributed by atoms with Crippen molar-refractivity contribution in [3.8, 4) is 0 Å². The number of hydrogen-bond donors (Lipinski definition) is 3. The maximum atomic E-state index is 11.8. The molecule has 16 heavy (non-hydrogen) atoms. The van der Waals surface area contributed by atoms with E-state index in [9.17, 15) is 26.4 Å². The molecule has 0 aliphatic carbocycles. The van der Waals surface area contributed by atoms with Crippen molar-refractivity contribution in [1.29, 1.82) is 0 Å². The van der Waals surface area contributed by atoms with Gasteiger partial charge in [0, 0.05) is 6.54 Å². The standard InChI is InChI=1S/C6H10F3NO5S/c7-6(8,9)4(11)3-10-16(14,15)2-1-5(12)13/h4,10-11H,1-3H2,(H,12,13). The van der Waals surface area contributed by atoms with Crippen molar-refractivity contribution >= 4 is 16.0 Å². The van der Waals surface area contributed by atoms with E-state index in [1.165, 1.54) is 4.72 Å². The number of hydrogen-bond acceptors (Lipinski definition) is 4. The van der Waals surface area contributed by atoms with Crippen LogP contribution < -0.4 is 4.72 Å². The number of sulfonamides is 1. The fourth-order valence-corrected chi connectivity index (χ4v) is 1.61. The fraction of sp³-hybridized carbons (Fsp3) is 0.833. The van der Waals surface area contributed by atoms with Crippen molar-refractivity contribution in [1.82, 2.24) is 4.72 Å². The lowest BCUT2D eigenvalue weighted by Crippen LogP contribution is -2.41. The molecule has 0 saturated heterocycles. The highest BCUT2D eigenvalue weighted by Crippen LogP contribution is 2.19. The first-order chi connectivity index (χ1) is 7.04. The molecular formula is C6H10F3NO5S. The number of carboxylic acids is 1. The molecular weight excluding hydrogens is 255 g/mol. The van der Waals surface area contributed by atoms with Gasteiger partial charge in [-0.25, -0.2) is 13.1 Å². The smallest absolute Gasteiger partial charge is 0.415 e. The lowest BCUT2D eigenvalue weighted by molar-refractivity contribution is -0.200. The van der Waals surface area contributed by atoms with Crippen molar-refractivity contribution in [2.45, 2.75) is 18.7 Å². The van der Waals surface area contributed by atoms with Crippen molar-refractivity contribution in [3.63, 3.8) is 0 Å². The second-order valence-electron chi connectivity index (χ2n) is 2.87. The third kappa shape index (κ3) is 6.58. The first kappa shape index (κ1) is 15.1. The van der Waals surface area contributed by atoms with Crippen LogP contribution in [0.4, 0.5) is 13.2 Å². The largest absolute Gasteiger partial charge is 0.481 e. The predicted molar refractivity (Wildman–Crippen MR) is 46.1 cm³/mol. The SMILES string of the molecule is O=C(O)CCS(=O)(=O)NCC(O)C(F)(F)F. The number of rotatable bonds is 6. The normalized spacial score (nSPS) is 14.8. The van der Waals surface area contributed by atoms with Gasteiger partial charge >= 0.3 is 12.1 Å². The van der Waals surface area contributed by atoms with Crippen molar-refractivity contribution < 1.29 is 36.6 Å². The summed E-state index contributed by atoms with van der Waals surface area (Å²) in [6.45, 7) is -1.23. The van der Waals surface area contributed by atoms with Crippen LogP contribution in [0.5, 0.6) is 0 Å². The zero-order valence-electron chi connectivity index (χ0n) is 7.86. The monoisotopic (exact) mass is 265 g/mol. The summed E-state index contributed by atoms with van der Waals surface area (Å²) in [7, 11) is -4.12. The molecule has 3 N–H and O–H groups in total. The van der Waals surface area contributed by atoms with Gasteiger partial charge in [0.15, 0.2) is 6.10 Å². The molecule has 0 aromatic rings. The van der Waals surface area contributed by atoms with E-state index < -0.39 is 47.0 Å². The number of nitrogens with one attached hydrogen (secondary N) is 1. The summed E-state index contributed by atoms with van der Waals surface area (Å²) in [5.41, 5.74) is 0. The highest BCUT2D eigenvalue weighted by atomic mass is 32.2. The van der Waals surface area contributed by atoms with E-state index in [0.717, 1.165) is 0 Å². The van der Waals surface area contributed by atoms with E-state index in [2.05, 4.69) is 0 Å². The van der Waals surface area contributed by atoms with Crippen molar-refractivity contribution in [2.24, 2.45) is 0 Å². The van der Waals surface area contributed by atoms with Crippen LogP contribution in [0.25, 0.3) is 0 Å². The Labute approximate surface area is 89.1 Å². The summed E-state index contributed by atoms with van der Waals surface area (Å²) in [5.74, 6) is -2.23. The molecule has 0 aliphatic rings. The van der Waals surface area contributed by atoms with Gasteiger partial charge in [-0.2, -0.15) is 13.2 Å². The van der Waals surface area contributed by atoms with Crippen molar-refractivity contribution in [2.75, 3.05) is 12.3 Å². The van der Waals surface area contributed by atoms with Crippen LogP contribution >= 0.6 is 0 Å². The minimum Gasteiger partial charge on any atom is -0.481 e. The molecule has 0 aromatic heterocycles. The summed E-state index contributed by atoms with van der Waals surface area (Å²) < 4.78 is 58.6. The van der Waals surface area contributed by atoms with Crippen LogP contribution in [0, 0.1) is 0 Å². The van der Waals surface area contributed by atoms with Gasteiger partial charge in [-0.1, -0.05) is 0 Å². The van der Waals surface area contributed by atoms with Gasteiger partial charge in [-0.3, -0.25) is 4.79 Å². The molecule has 0 radical (unpaired) electrons. The van der Waals surface area contributed by atoms with Crippen LogP contribution in [0.2, 0.25) is 0 Å². The quantitative estimate of drug-likeness (QED) is 0.589. The third-order valence-electron chi connectivity index (χ3n) is 1.46. The van der Waals surface area contributed by atoms with Crippen LogP contribution in [0.1, 0.15) is 6.42 Å². The van der Waals surface area contributed by atoms with Gasteiger partial charge in [-0.15, -0.1) is 0 Å². The number of aliphatic hydroxyl groups is 1. The third-order valence-corrected chi connectivity index (χ3v) is 2.81. The highest BCUT2D eigenvalue weighted by Gasteiger charge is 2.38. The Morgan fingerprint density at radius 2 is 1.88 bits per heavy atom. The molecule has 0 fully saturated rings. The lowest BCUT2D eigenvalue weighted by Gasteiger charge is -2.14. The van der Waals surface area contributed by atoms with Gasteiger partial charge < -0.3 is 10.2 Å². The Morgan fingerprint density at radius 1 is 1.38 bits per heavy atom. The molecule has 0 spiro atoms. The number of halogens is 3. The number of aliphatic hydroxyl groups excluding tert-OH is 1. The zero-order valence-corrected chi connectivity index (χ0v) is 8.68. The maximum absolute atomic E-state index is 11.8. The van der Waals surface area contributed by atoms with Crippen LogP contribution in [-0.4, -0.2) is 49.2 Å². The van der Waals surface area contributed by atoms with Gasteiger partial charge in [0.1, 0.15) is 0 Å². The molecule has 0 heterocycles. The average molecular weight is 265 g/mol. The topological polar surface area (TPSA) is 104 Å². The molecule has 0 aromatic carbocycles.